The second-order valence-corrected chi connectivity index (χ2v) is 2.85. The van der Waals surface area contributed by atoms with Gasteiger partial charge in [-0.3, -0.25) is 9.78 Å². The largest absolute Gasteiger partial charge is 0.389 e. The third-order valence-corrected chi connectivity index (χ3v) is 1.75. The van der Waals surface area contributed by atoms with Crippen molar-refractivity contribution in [2.75, 3.05) is 7.05 Å². The van der Waals surface area contributed by atoms with Crippen LogP contribution in [0.25, 0.3) is 0 Å². The SMILES string of the molecule is CNC(=O)c1cncc(C(N)=S)c1. The fraction of sp³-hybridized carbons (Fsp3) is 0.125. The number of nitrogens with two attached hydrogens (primary N) is 1. The first-order valence-electron chi connectivity index (χ1n) is 3.62. The average Bonchev–Trinajstić information content (AvgIpc) is 2.17. The molecule has 1 heterocycles. The number of nitrogens with one attached hydrogen (secondary N) is 1. The smallest absolute Gasteiger partial charge is 0.252 e. The van der Waals surface area contributed by atoms with Gasteiger partial charge in [-0.15, -0.1) is 0 Å². The van der Waals surface area contributed by atoms with Gasteiger partial charge in [0.2, 0.25) is 0 Å². The molecule has 0 aliphatic rings. The van der Waals surface area contributed by atoms with E-state index in [1.54, 1.807) is 13.1 Å². The van der Waals surface area contributed by atoms with E-state index in [9.17, 15) is 4.79 Å². The molecule has 0 saturated carbocycles. The molecule has 5 heteroatoms. The topological polar surface area (TPSA) is 68.0 Å². The second kappa shape index (κ2) is 3.95. The number of pyridine rings is 1. The number of nitrogens with zero attached hydrogens (tertiary/aromatic N) is 1. The number of hydrogen-bond donors (Lipinski definition) is 2. The molecule has 0 aromatic carbocycles. The summed E-state index contributed by atoms with van der Waals surface area (Å²) in [5, 5.41) is 2.48. The first-order valence-corrected chi connectivity index (χ1v) is 4.03. The van der Waals surface area contributed by atoms with Gasteiger partial charge in [0, 0.05) is 25.0 Å². The van der Waals surface area contributed by atoms with Crippen molar-refractivity contribution in [3.8, 4) is 0 Å². The minimum atomic E-state index is -0.203. The molecule has 0 atom stereocenters. The minimum Gasteiger partial charge on any atom is -0.389 e. The summed E-state index contributed by atoms with van der Waals surface area (Å²) in [7, 11) is 1.55. The highest BCUT2D eigenvalue weighted by Gasteiger charge is 2.05. The number of carbonyl (C=O) groups excluding carboxylic acids is 1. The molecule has 1 aromatic rings. The van der Waals surface area contributed by atoms with E-state index in [1.807, 2.05) is 0 Å². The van der Waals surface area contributed by atoms with E-state index in [1.165, 1.54) is 12.4 Å². The first-order chi connectivity index (χ1) is 6.15. The molecule has 68 valence electrons. The molecular weight excluding hydrogens is 186 g/mol. The van der Waals surface area contributed by atoms with Crippen molar-refractivity contribution in [3.63, 3.8) is 0 Å². The Balaban J connectivity index is 3.05. The highest BCUT2D eigenvalue weighted by atomic mass is 32.1. The standard InChI is InChI=1S/C8H9N3OS/c1-10-8(12)6-2-5(7(9)13)3-11-4-6/h2-4H,1H3,(H2,9,13)(H,10,12). The number of carbonyl (C=O) groups is 1. The van der Waals surface area contributed by atoms with Crippen LogP contribution in [-0.2, 0) is 0 Å². The van der Waals surface area contributed by atoms with Gasteiger partial charge in [-0.25, -0.2) is 0 Å². The fourth-order valence-corrected chi connectivity index (χ4v) is 0.955. The van der Waals surface area contributed by atoms with Gasteiger partial charge in [-0.1, -0.05) is 12.2 Å². The predicted molar refractivity (Wildman–Crippen MR) is 53.5 cm³/mol. The highest BCUT2D eigenvalue weighted by Crippen LogP contribution is 2.02. The van der Waals surface area contributed by atoms with E-state index >= 15 is 0 Å². The summed E-state index contributed by atoms with van der Waals surface area (Å²) in [6, 6.07) is 1.61. The van der Waals surface area contributed by atoms with E-state index in [0.29, 0.717) is 11.1 Å². The van der Waals surface area contributed by atoms with Crippen LogP contribution in [0.5, 0.6) is 0 Å². The first kappa shape index (κ1) is 9.60. The van der Waals surface area contributed by atoms with Gasteiger partial charge < -0.3 is 11.1 Å². The summed E-state index contributed by atoms with van der Waals surface area (Å²) in [6.45, 7) is 0. The summed E-state index contributed by atoms with van der Waals surface area (Å²) in [5.74, 6) is -0.203. The molecule has 0 saturated heterocycles. The average molecular weight is 195 g/mol. The predicted octanol–water partition coefficient (Wildman–Crippen LogP) is 0.0754. The van der Waals surface area contributed by atoms with Gasteiger partial charge in [0.15, 0.2) is 0 Å². The maximum Gasteiger partial charge on any atom is 0.252 e. The Morgan fingerprint density at radius 3 is 2.69 bits per heavy atom. The number of thiocarbonyl (C=S) groups is 1. The summed E-state index contributed by atoms with van der Waals surface area (Å²) in [4.78, 5) is 15.2. The van der Waals surface area contributed by atoms with Crippen LogP contribution in [0.3, 0.4) is 0 Å². The van der Waals surface area contributed by atoms with Crippen molar-refractivity contribution >= 4 is 23.1 Å². The van der Waals surface area contributed by atoms with Gasteiger partial charge in [0.1, 0.15) is 4.99 Å². The Morgan fingerprint density at radius 2 is 2.15 bits per heavy atom. The molecular formula is C8H9N3OS. The van der Waals surface area contributed by atoms with Crippen LogP contribution in [0, 0.1) is 0 Å². The van der Waals surface area contributed by atoms with Crippen LogP contribution in [-0.4, -0.2) is 22.9 Å². The summed E-state index contributed by atoms with van der Waals surface area (Å²) < 4.78 is 0. The van der Waals surface area contributed by atoms with Crippen LogP contribution in [0.2, 0.25) is 0 Å². The zero-order valence-corrected chi connectivity index (χ0v) is 7.89. The van der Waals surface area contributed by atoms with Gasteiger partial charge >= 0.3 is 0 Å². The van der Waals surface area contributed by atoms with Crippen molar-refractivity contribution in [2.24, 2.45) is 5.73 Å². The lowest BCUT2D eigenvalue weighted by molar-refractivity contribution is 0.0962. The Labute approximate surface area is 81.2 Å². The van der Waals surface area contributed by atoms with Crippen molar-refractivity contribution in [3.05, 3.63) is 29.6 Å². The lowest BCUT2D eigenvalue weighted by Crippen LogP contribution is -2.19. The number of hydrogen-bond acceptors (Lipinski definition) is 3. The molecule has 0 bridgehead atoms. The Bertz CT molecular complexity index is 351. The van der Waals surface area contributed by atoms with E-state index in [0.717, 1.165) is 0 Å². The maximum absolute atomic E-state index is 11.2. The highest BCUT2D eigenvalue weighted by molar-refractivity contribution is 7.80. The van der Waals surface area contributed by atoms with E-state index in [4.69, 9.17) is 18.0 Å². The molecule has 0 spiro atoms. The molecule has 1 amide bonds. The van der Waals surface area contributed by atoms with E-state index in [-0.39, 0.29) is 10.9 Å². The van der Waals surface area contributed by atoms with Crippen molar-refractivity contribution in [1.29, 1.82) is 0 Å². The van der Waals surface area contributed by atoms with Crippen molar-refractivity contribution < 1.29 is 4.79 Å². The fourth-order valence-electron chi connectivity index (χ4n) is 0.843. The number of rotatable bonds is 2. The Hall–Kier alpha value is -1.49. The molecule has 0 aliphatic heterocycles. The molecule has 0 fully saturated rings. The lowest BCUT2D eigenvalue weighted by atomic mass is 10.2. The molecule has 13 heavy (non-hydrogen) atoms. The van der Waals surface area contributed by atoms with Gasteiger partial charge in [-0.05, 0) is 6.07 Å². The normalized spacial score (nSPS) is 9.31. The molecule has 1 aromatic heterocycles. The number of aromatic nitrogens is 1. The maximum atomic E-state index is 11.2. The molecule has 4 nitrogen and oxygen atoms in total. The third-order valence-electron chi connectivity index (χ3n) is 1.51. The molecule has 0 unspecified atom stereocenters. The minimum absolute atomic E-state index is 0.203. The van der Waals surface area contributed by atoms with Crippen LogP contribution in [0.4, 0.5) is 0 Å². The van der Waals surface area contributed by atoms with Crippen LogP contribution < -0.4 is 11.1 Å². The summed E-state index contributed by atoms with van der Waals surface area (Å²) in [5.41, 5.74) is 6.43. The molecule has 1 rings (SSSR count). The molecule has 0 radical (unpaired) electrons. The van der Waals surface area contributed by atoms with Crippen LogP contribution in [0.1, 0.15) is 15.9 Å². The van der Waals surface area contributed by atoms with Gasteiger partial charge in [0.05, 0.1) is 5.56 Å². The third kappa shape index (κ3) is 2.22. The Kier molecular flexibility index (Phi) is 2.92. The Morgan fingerprint density at radius 1 is 1.54 bits per heavy atom. The second-order valence-electron chi connectivity index (χ2n) is 2.41. The van der Waals surface area contributed by atoms with E-state index in [2.05, 4.69) is 10.3 Å². The lowest BCUT2D eigenvalue weighted by Gasteiger charge is -2.01. The zero-order valence-electron chi connectivity index (χ0n) is 7.07. The van der Waals surface area contributed by atoms with Gasteiger partial charge in [-0.2, -0.15) is 0 Å². The quantitative estimate of drug-likeness (QED) is 0.655. The molecule has 0 aliphatic carbocycles. The summed E-state index contributed by atoms with van der Waals surface area (Å²) in [6.07, 6.45) is 2.98. The molecule has 3 N–H and O–H groups in total. The zero-order chi connectivity index (χ0) is 9.84. The van der Waals surface area contributed by atoms with Crippen molar-refractivity contribution in [1.82, 2.24) is 10.3 Å². The van der Waals surface area contributed by atoms with E-state index < -0.39 is 0 Å². The van der Waals surface area contributed by atoms with Crippen molar-refractivity contribution in [2.45, 2.75) is 0 Å². The number of amides is 1. The van der Waals surface area contributed by atoms with Crippen LogP contribution >= 0.6 is 12.2 Å². The monoisotopic (exact) mass is 195 g/mol. The van der Waals surface area contributed by atoms with Crippen LogP contribution in [0.15, 0.2) is 18.5 Å². The van der Waals surface area contributed by atoms with Gasteiger partial charge in [0.25, 0.3) is 5.91 Å². The summed E-state index contributed by atoms with van der Waals surface area (Å²) >= 11 is 4.75.